The van der Waals surface area contributed by atoms with E-state index >= 15 is 0 Å². The number of hydrogen-bond acceptors (Lipinski definition) is 0. The van der Waals surface area contributed by atoms with E-state index in [-0.39, 0.29) is 138 Å². The second-order valence-electron chi connectivity index (χ2n) is 0. The topological polar surface area (TPSA) is 31.5 Å². The van der Waals surface area contributed by atoms with Crippen molar-refractivity contribution >= 4 is 83.6 Å². The first-order valence-corrected chi connectivity index (χ1v) is 0. The molecule has 0 aromatic rings. The molecule has 2 N–H and O–H groups in total. The molecule has 0 heterocycles. The van der Waals surface area contributed by atoms with Crippen LogP contribution in [0.1, 0.15) is 2.85 Å². The van der Waals surface area contributed by atoms with Crippen LogP contribution < -0.4 is 0 Å². The Kier molecular flexibility index (Phi) is 294. The van der Waals surface area contributed by atoms with Crippen molar-refractivity contribution in [2.45, 2.75) is 0 Å². The van der Waals surface area contributed by atoms with Crippen molar-refractivity contribution in [1.82, 2.24) is 0 Å². The van der Waals surface area contributed by atoms with Gasteiger partial charge in [0.1, 0.15) is 0 Å². The van der Waals surface area contributed by atoms with Crippen molar-refractivity contribution in [2.24, 2.45) is 0 Å². The Morgan fingerprint density at radius 3 is 1.00 bits per heavy atom. The molecule has 0 radical (unpaired) electrons. The van der Waals surface area contributed by atoms with E-state index in [1.165, 1.54) is 0 Å². The molecule has 0 unspecified atom stereocenters. The van der Waals surface area contributed by atoms with E-state index in [9.17, 15) is 0 Å². The van der Waals surface area contributed by atoms with Crippen molar-refractivity contribution in [2.75, 3.05) is 0 Å². The van der Waals surface area contributed by atoms with Crippen molar-refractivity contribution in [3.05, 3.63) is 0 Å². The first-order valence-electron chi connectivity index (χ1n) is 0. The molecule has 30 valence electrons. The monoisotopic (exact) mass is 372 g/mol. The summed E-state index contributed by atoms with van der Waals surface area (Å²) in [6.45, 7) is 0. The largest absolute Gasteiger partial charge is 2.00 e. The third-order valence-corrected chi connectivity index (χ3v) is 0. The van der Waals surface area contributed by atoms with Gasteiger partial charge in [0.2, 0.25) is 0 Å². The third-order valence-electron chi connectivity index (χ3n) is 0. The number of rotatable bonds is 0. The van der Waals surface area contributed by atoms with Gasteiger partial charge in [-0.25, -0.2) is 0 Å². The summed E-state index contributed by atoms with van der Waals surface area (Å²) in [5.41, 5.74) is 0. The van der Waals surface area contributed by atoms with Crippen LogP contribution in [-0.2, 0) is 45.7 Å². The molecule has 0 atom stereocenters. The Hall–Kier alpha value is 4.10. The van der Waals surface area contributed by atoms with Gasteiger partial charge >= 0.3 is 48.9 Å². The fourth-order valence-corrected chi connectivity index (χ4v) is 0. The number of hydrogen-bond donors (Lipinski definition) is 0. The Labute approximate surface area is 134 Å². The minimum atomic E-state index is 0. The smallest absolute Gasteiger partial charge is 1.00 e. The maximum Gasteiger partial charge on any atom is 2.00 e. The van der Waals surface area contributed by atoms with Gasteiger partial charge < -0.3 is 8.33 Å². The van der Waals surface area contributed by atoms with Gasteiger partial charge in [-0.3, -0.25) is 0 Å². The molecule has 6 heteroatoms. The Morgan fingerprint density at radius 2 is 1.00 bits per heavy atom. The fraction of sp³-hybridized carbons (Fsp3) is 0. The molecule has 0 aliphatic rings. The molecular weight excluding hydrogens is 364 g/mol. The quantitative estimate of drug-likeness (QED) is 0.397. The molecule has 0 aliphatic heterocycles. The van der Waals surface area contributed by atoms with Gasteiger partial charge in [-0.2, -0.15) is 0 Å². The van der Waals surface area contributed by atoms with Crippen molar-refractivity contribution in [3.8, 4) is 0 Å². The summed E-state index contributed by atoms with van der Waals surface area (Å²) in [7, 11) is 0. The zero-order valence-electron chi connectivity index (χ0n) is 4.41. The molecule has 0 spiro atoms. The van der Waals surface area contributed by atoms with Crippen LogP contribution in [0.5, 0.6) is 0 Å². The van der Waals surface area contributed by atoms with Crippen molar-refractivity contribution < 1.29 is 54.0 Å². The van der Waals surface area contributed by atoms with E-state index in [2.05, 4.69) is 0 Å². The molecule has 0 aromatic carbocycles. The molecular formula is H10Al2BaOZnZr. The van der Waals surface area contributed by atoms with Crippen LogP contribution in [0.25, 0.3) is 0 Å². The first kappa shape index (κ1) is 49.7. The minimum absolute atomic E-state index is 0. The van der Waals surface area contributed by atoms with E-state index in [1.807, 2.05) is 0 Å². The van der Waals surface area contributed by atoms with E-state index in [1.54, 1.807) is 0 Å². The maximum atomic E-state index is 0. The summed E-state index contributed by atoms with van der Waals surface area (Å²) in [6, 6.07) is 0. The van der Waals surface area contributed by atoms with Gasteiger partial charge in [-0.05, 0) is 0 Å². The van der Waals surface area contributed by atoms with Gasteiger partial charge in [0.15, 0.2) is 34.7 Å². The average Bonchev–Trinajstić information content (AvgIpc) is 0. The molecule has 1 nitrogen and oxygen atoms in total. The zero-order valence-corrected chi connectivity index (χ0v) is 12.3. The molecule has 6 heavy (non-hydrogen) atoms. The van der Waals surface area contributed by atoms with Crippen LogP contribution in [0, 0.1) is 0 Å². The first-order chi connectivity index (χ1) is 0. The van der Waals surface area contributed by atoms with E-state index < -0.39 is 0 Å². The zero-order chi connectivity index (χ0) is 0. The van der Waals surface area contributed by atoms with E-state index in [0.717, 1.165) is 0 Å². The van der Waals surface area contributed by atoms with Gasteiger partial charge in [0.25, 0.3) is 0 Å². The molecule has 0 saturated heterocycles. The van der Waals surface area contributed by atoms with E-state index in [0.29, 0.717) is 0 Å². The Balaban J connectivity index is 0. The molecule has 0 bridgehead atoms. The summed E-state index contributed by atoms with van der Waals surface area (Å²) < 4.78 is 0. The summed E-state index contributed by atoms with van der Waals surface area (Å²) in [6.07, 6.45) is 0. The fourth-order valence-electron chi connectivity index (χ4n) is 0. The SMILES string of the molecule is O.[AlH3].[AlH3].[Ba+2].[H-].[H-].[Zn].[Zr]. The van der Waals surface area contributed by atoms with Gasteiger partial charge in [-0.15, -0.1) is 0 Å². The summed E-state index contributed by atoms with van der Waals surface area (Å²) in [5, 5.41) is 0. The molecule has 0 rings (SSSR count). The predicted molar refractivity (Wildman–Crippen MR) is 31.5 cm³/mol. The summed E-state index contributed by atoms with van der Waals surface area (Å²) in [5.74, 6) is 0. The van der Waals surface area contributed by atoms with Crippen LogP contribution in [0.15, 0.2) is 0 Å². The molecule has 0 aliphatic carbocycles. The summed E-state index contributed by atoms with van der Waals surface area (Å²) >= 11 is 0. The van der Waals surface area contributed by atoms with Crippen LogP contribution in [-0.4, -0.2) is 89.1 Å². The normalized spacial score (nSPS) is 0. The second kappa shape index (κ2) is 35.5. The second-order valence-corrected chi connectivity index (χ2v) is 0. The Morgan fingerprint density at radius 1 is 1.00 bits per heavy atom. The Bertz CT molecular complexity index is 20.0. The summed E-state index contributed by atoms with van der Waals surface area (Å²) in [4.78, 5) is 0. The minimum Gasteiger partial charge on any atom is -1.00 e. The van der Waals surface area contributed by atoms with Crippen LogP contribution in [0.2, 0.25) is 0 Å². The van der Waals surface area contributed by atoms with Gasteiger partial charge in [0, 0.05) is 45.7 Å². The van der Waals surface area contributed by atoms with Crippen molar-refractivity contribution in [1.29, 1.82) is 0 Å². The van der Waals surface area contributed by atoms with Crippen LogP contribution >= 0.6 is 0 Å². The molecule has 0 fully saturated rings. The van der Waals surface area contributed by atoms with Crippen LogP contribution in [0.4, 0.5) is 0 Å². The standard InChI is InChI=1S/2Al.Ba.H2O.Zn.Zr.8H/h;;;1H2;;;;;;;;;;/q;;+2;;;;;;;;;;2*-1. The van der Waals surface area contributed by atoms with Crippen molar-refractivity contribution in [3.63, 3.8) is 0 Å². The van der Waals surface area contributed by atoms with Gasteiger partial charge in [-0.1, -0.05) is 0 Å². The predicted octanol–water partition coefficient (Wildman–Crippen LogP) is -3.35. The third kappa shape index (κ3) is 24.3. The molecule has 0 amide bonds. The van der Waals surface area contributed by atoms with Gasteiger partial charge in [0.05, 0.1) is 0 Å². The molecule has 0 saturated carbocycles. The average molecular weight is 374 g/mol. The van der Waals surface area contributed by atoms with E-state index in [4.69, 9.17) is 0 Å². The molecule has 0 aromatic heterocycles. The maximum absolute atomic E-state index is 0. The van der Waals surface area contributed by atoms with Crippen LogP contribution in [0.3, 0.4) is 0 Å².